The summed E-state index contributed by atoms with van der Waals surface area (Å²) in [5.74, 6) is 1.12. The van der Waals surface area contributed by atoms with Gasteiger partial charge in [0, 0.05) is 32.6 Å². The first kappa shape index (κ1) is 12.6. The van der Waals surface area contributed by atoms with E-state index in [0.29, 0.717) is 0 Å². The molecule has 2 aromatic rings. The van der Waals surface area contributed by atoms with Crippen molar-refractivity contribution in [3.05, 3.63) is 30.1 Å². The molecule has 0 atom stereocenters. The maximum Gasteiger partial charge on any atom is 0.107 e. The van der Waals surface area contributed by atoms with E-state index in [4.69, 9.17) is 0 Å². The largest absolute Gasteiger partial charge is 0.342 e. The Labute approximate surface area is 114 Å². The molecule has 4 heteroatoms. The molecule has 2 heterocycles. The van der Waals surface area contributed by atoms with Crippen LogP contribution in [0.5, 0.6) is 0 Å². The Hall–Kier alpha value is -1.39. The molecule has 3 rings (SSSR count). The van der Waals surface area contributed by atoms with E-state index in [9.17, 15) is 0 Å². The molecule has 0 bridgehead atoms. The molecule has 1 aromatic heterocycles. The molecule has 1 aliphatic heterocycles. The van der Waals surface area contributed by atoms with Gasteiger partial charge in [0.15, 0.2) is 0 Å². The van der Waals surface area contributed by atoms with Gasteiger partial charge in [-0.3, -0.25) is 0 Å². The molecule has 0 radical (unpaired) electrons. The summed E-state index contributed by atoms with van der Waals surface area (Å²) in [6, 6.07) is 8.24. The molecule has 0 spiro atoms. The molecule has 0 amide bonds. The topological polar surface area (TPSA) is 35.2 Å². The van der Waals surface area contributed by atoms with Gasteiger partial charge in [-0.2, -0.15) is 0 Å². The first-order chi connectivity index (χ1) is 9.31. The first-order valence-electron chi connectivity index (χ1n) is 7.16. The number of para-hydroxylation sites is 2. The summed E-state index contributed by atoms with van der Waals surface area (Å²) in [6.07, 6.45) is 2.23. The van der Waals surface area contributed by atoms with Crippen LogP contribution in [0.3, 0.4) is 0 Å². The second kappa shape index (κ2) is 5.72. The van der Waals surface area contributed by atoms with Crippen LogP contribution in [0.15, 0.2) is 24.3 Å². The van der Waals surface area contributed by atoms with E-state index >= 15 is 0 Å². The second-order valence-corrected chi connectivity index (χ2v) is 5.45. The summed E-state index contributed by atoms with van der Waals surface area (Å²) >= 11 is 0. The van der Waals surface area contributed by atoms with Crippen LogP contribution < -0.4 is 0 Å². The molecule has 19 heavy (non-hydrogen) atoms. The monoisotopic (exact) mass is 258 g/mol. The van der Waals surface area contributed by atoms with E-state index in [0.717, 1.165) is 23.3 Å². The van der Waals surface area contributed by atoms with Gasteiger partial charge in [-0.1, -0.05) is 12.1 Å². The van der Waals surface area contributed by atoms with Crippen LogP contribution in [-0.4, -0.2) is 59.5 Å². The normalized spacial score (nSPS) is 18.2. The molecule has 1 fully saturated rings. The Morgan fingerprint density at radius 1 is 1.16 bits per heavy atom. The molecular weight excluding hydrogens is 236 g/mol. The molecule has 4 nitrogen and oxygen atoms in total. The Bertz CT molecular complexity index is 493. The van der Waals surface area contributed by atoms with Crippen molar-refractivity contribution in [2.45, 2.75) is 12.8 Å². The maximum absolute atomic E-state index is 4.63. The first-order valence-corrected chi connectivity index (χ1v) is 7.16. The molecule has 0 unspecified atom stereocenters. The van der Waals surface area contributed by atoms with Gasteiger partial charge in [-0.05, 0) is 32.1 Å². The van der Waals surface area contributed by atoms with E-state index in [1.54, 1.807) is 0 Å². The van der Waals surface area contributed by atoms with Crippen molar-refractivity contribution in [2.75, 3.05) is 39.8 Å². The van der Waals surface area contributed by atoms with Gasteiger partial charge >= 0.3 is 0 Å². The third-order valence-corrected chi connectivity index (χ3v) is 3.92. The van der Waals surface area contributed by atoms with Gasteiger partial charge in [-0.25, -0.2) is 4.98 Å². The van der Waals surface area contributed by atoms with Gasteiger partial charge in [0.2, 0.25) is 0 Å². The summed E-state index contributed by atoms with van der Waals surface area (Å²) in [7, 11) is 2.20. The molecule has 0 saturated carbocycles. The Kier molecular flexibility index (Phi) is 3.80. The summed E-state index contributed by atoms with van der Waals surface area (Å²) in [4.78, 5) is 13.0. The predicted octanol–water partition coefficient (Wildman–Crippen LogP) is 1.74. The lowest BCUT2D eigenvalue weighted by Crippen LogP contribution is -2.44. The van der Waals surface area contributed by atoms with Crippen LogP contribution in [0.4, 0.5) is 0 Å². The minimum Gasteiger partial charge on any atom is -0.342 e. The average molecular weight is 258 g/mol. The number of aromatic nitrogens is 2. The summed E-state index contributed by atoms with van der Waals surface area (Å²) < 4.78 is 0. The Morgan fingerprint density at radius 3 is 2.74 bits per heavy atom. The number of benzene rings is 1. The molecule has 1 saturated heterocycles. The quantitative estimate of drug-likeness (QED) is 0.907. The highest BCUT2D eigenvalue weighted by molar-refractivity contribution is 5.74. The zero-order chi connectivity index (χ0) is 13.1. The number of imidazole rings is 1. The van der Waals surface area contributed by atoms with Crippen LogP contribution in [0.2, 0.25) is 0 Å². The van der Waals surface area contributed by atoms with E-state index < -0.39 is 0 Å². The number of hydrogen-bond acceptors (Lipinski definition) is 3. The number of H-pyrrole nitrogens is 1. The fourth-order valence-corrected chi connectivity index (χ4v) is 2.67. The van der Waals surface area contributed by atoms with Crippen molar-refractivity contribution in [3.8, 4) is 0 Å². The summed E-state index contributed by atoms with van der Waals surface area (Å²) in [5, 5.41) is 0. The third-order valence-electron chi connectivity index (χ3n) is 3.92. The lowest BCUT2D eigenvalue weighted by atomic mass is 10.2. The van der Waals surface area contributed by atoms with E-state index in [2.05, 4.69) is 45.0 Å². The van der Waals surface area contributed by atoms with Crippen LogP contribution in [0.25, 0.3) is 11.0 Å². The van der Waals surface area contributed by atoms with Crippen molar-refractivity contribution in [1.29, 1.82) is 0 Å². The fraction of sp³-hybridized carbons (Fsp3) is 0.533. The summed E-state index contributed by atoms with van der Waals surface area (Å²) in [6.45, 7) is 5.99. The van der Waals surface area contributed by atoms with Gasteiger partial charge in [0.05, 0.1) is 11.0 Å². The second-order valence-electron chi connectivity index (χ2n) is 5.45. The van der Waals surface area contributed by atoms with E-state index in [-0.39, 0.29) is 0 Å². The number of piperazine rings is 1. The highest BCUT2D eigenvalue weighted by Gasteiger charge is 2.13. The van der Waals surface area contributed by atoms with Crippen molar-refractivity contribution >= 4 is 11.0 Å². The smallest absolute Gasteiger partial charge is 0.107 e. The third kappa shape index (κ3) is 3.14. The number of rotatable bonds is 4. The predicted molar refractivity (Wildman–Crippen MR) is 78.4 cm³/mol. The highest BCUT2D eigenvalue weighted by atomic mass is 15.2. The van der Waals surface area contributed by atoms with Gasteiger partial charge < -0.3 is 14.8 Å². The Morgan fingerprint density at radius 2 is 1.95 bits per heavy atom. The molecule has 1 aliphatic rings. The van der Waals surface area contributed by atoms with E-state index in [1.165, 1.54) is 39.1 Å². The lowest BCUT2D eigenvalue weighted by molar-refractivity contribution is 0.153. The van der Waals surface area contributed by atoms with Crippen LogP contribution >= 0.6 is 0 Å². The zero-order valence-electron chi connectivity index (χ0n) is 11.6. The SMILES string of the molecule is CN1CCN(CCCc2nc3ccccc3[nH]2)CC1. The number of hydrogen-bond donors (Lipinski definition) is 1. The number of likely N-dealkylation sites (N-methyl/N-ethyl adjacent to an activating group) is 1. The minimum atomic E-state index is 1.04. The molecular formula is C15H22N4. The van der Waals surface area contributed by atoms with Crippen LogP contribution in [-0.2, 0) is 6.42 Å². The molecule has 1 N–H and O–H groups in total. The van der Waals surface area contributed by atoms with Crippen molar-refractivity contribution in [1.82, 2.24) is 19.8 Å². The molecule has 1 aromatic carbocycles. The number of aromatic amines is 1. The number of fused-ring (bicyclic) bond motifs is 1. The Balaban J connectivity index is 1.49. The van der Waals surface area contributed by atoms with Gasteiger partial charge in [-0.15, -0.1) is 0 Å². The number of nitrogens with one attached hydrogen (secondary N) is 1. The molecule has 102 valence electrons. The van der Waals surface area contributed by atoms with Crippen LogP contribution in [0.1, 0.15) is 12.2 Å². The minimum absolute atomic E-state index is 1.04. The average Bonchev–Trinajstić information content (AvgIpc) is 2.83. The van der Waals surface area contributed by atoms with Crippen LogP contribution in [0, 0.1) is 0 Å². The highest BCUT2D eigenvalue weighted by Crippen LogP contribution is 2.11. The zero-order valence-corrected chi connectivity index (χ0v) is 11.6. The summed E-state index contributed by atoms with van der Waals surface area (Å²) in [5.41, 5.74) is 2.23. The van der Waals surface area contributed by atoms with Gasteiger partial charge in [0.1, 0.15) is 5.82 Å². The number of aryl methyl sites for hydroxylation is 1. The van der Waals surface area contributed by atoms with Crippen molar-refractivity contribution in [2.24, 2.45) is 0 Å². The lowest BCUT2D eigenvalue weighted by Gasteiger charge is -2.32. The number of nitrogens with zero attached hydrogens (tertiary/aromatic N) is 3. The fourth-order valence-electron chi connectivity index (χ4n) is 2.67. The van der Waals surface area contributed by atoms with E-state index in [1.807, 2.05) is 6.07 Å². The molecule has 0 aliphatic carbocycles. The van der Waals surface area contributed by atoms with Gasteiger partial charge in [0.25, 0.3) is 0 Å². The maximum atomic E-state index is 4.63. The standard InChI is InChI=1S/C15H22N4/c1-18-9-11-19(12-10-18)8-4-7-15-16-13-5-2-3-6-14(13)17-15/h2-3,5-6H,4,7-12H2,1H3,(H,16,17). The van der Waals surface area contributed by atoms with Crippen molar-refractivity contribution in [3.63, 3.8) is 0 Å². The van der Waals surface area contributed by atoms with Crippen molar-refractivity contribution < 1.29 is 0 Å².